The van der Waals surface area contributed by atoms with E-state index in [2.05, 4.69) is 17.2 Å². The molecule has 0 bridgehead atoms. The third kappa shape index (κ3) is 14.5. The Hall–Kier alpha value is -3.53. The van der Waals surface area contributed by atoms with E-state index in [1.165, 1.54) is 0 Å². The van der Waals surface area contributed by atoms with E-state index in [-0.39, 0.29) is 37.9 Å². The summed E-state index contributed by atoms with van der Waals surface area (Å²) in [6.07, 6.45) is 4.25. The minimum Gasteiger partial charge on any atom is -0.508 e. The Bertz CT molecular complexity index is 1510. The number of carboxylic acid groups (broad SMARTS) is 1. The van der Waals surface area contributed by atoms with Crippen molar-refractivity contribution in [3.8, 4) is 17.6 Å². The number of nitrogens with one attached hydrogen (secondary N) is 1. The molecule has 2 aromatic rings. The molecule has 0 amide bonds. The van der Waals surface area contributed by atoms with Crippen LogP contribution in [-0.4, -0.2) is 95.5 Å². The van der Waals surface area contributed by atoms with Crippen molar-refractivity contribution < 1.29 is 45.6 Å². The van der Waals surface area contributed by atoms with Gasteiger partial charge in [0.2, 0.25) is 0 Å². The highest BCUT2D eigenvalue weighted by molar-refractivity contribution is 5.66. The predicted octanol–water partition coefficient (Wildman–Crippen LogP) is 4.30. The summed E-state index contributed by atoms with van der Waals surface area (Å²) >= 11 is 0. The molecule has 0 saturated carbocycles. The normalized spacial score (nSPS) is 20.4. The second-order valence-electron chi connectivity index (χ2n) is 14.3. The number of aliphatic hydroxyl groups excluding tert-OH is 5. The highest BCUT2D eigenvalue weighted by atomic mass is 16.4. The topological polar surface area (TPSA) is 191 Å². The van der Waals surface area contributed by atoms with Gasteiger partial charge in [-0.2, -0.15) is 0 Å². The first-order chi connectivity index (χ1) is 24.8. The van der Waals surface area contributed by atoms with Crippen LogP contribution >= 0.6 is 0 Å². The molecule has 10 nitrogen and oxygen atoms in total. The van der Waals surface area contributed by atoms with Crippen molar-refractivity contribution in [1.29, 1.82) is 0 Å². The van der Waals surface area contributed by atoms with Gasteiger partial charge in [0.05, 0.1) is 36.6 Å². The van der Waals surface area contributed by atoms with E-state index in [9.17, 15) is 40.5 Å². The number of hydrogen-bond donors (Lipinski definition) is 9. The van der Waals surface area contributed by atoms with Gasteiger partial charge in [0.15, 0.2) is 0 Å². The van der Waals surface area contributed by atoms with Gasteiger partial charge in [-0.25, -0.2) is 0 Å². The Morgan fingerprint density at radius 2 is 1.73 bits per heavy atom. The summed E-state index contributed by atoms with van der Waals surface area (Å²) in [6, 6.07) is 13.4. The highest BCUT2D eigenvalue weighted by Gasteiger charge is 2.35. The van der Waals surface area contributed by atoms with Crippen molar-refractivity contribution in [2.75, 3.05) is 6.61 Å². The standard InChI is InChI=1S/C42H59NO9/c1-3-4-14-38(48)39(49)24-20-32-19-18-31-10-6-5-9-30(31)11-7-15-40(42(2,52)27-29-16-21-34(46)22-17-29)43-37(36(32)26-35(47)28-44)13-8-12-33(45)23-25-41(50)51/h5-6,9-10,16-17,20-22,24,33,35,37-40,43-49,52H,3-4,8,12-15,18-19,23,25-28H2,1-2H3,(H,50,51)/t33-,35-,37-,38-,39+,40+,42-/m0/s1. The number of phenolic OH excluding ortho intramolecular Hbond substituents is 1. The number of unbranched alkanes of at least 4 members (excludes halogenated alkanes) is 1. The Kier molecular flexibility index (Phi) is 18.0. The van der Waals surface area contributed by atoms with Crippen LogP contribution in [0, 0.1) is 11.8 Å². The number of allylic oxidation sites excluding steroid dienone is 2. The maximum Gasteiger partial charge on any atom is 0.303 e. The number of fused-ring (bicyclic) bond motifs is 1. The first kappa shape index (κ1) is 42.9. The van der Waals surface area contributed by atoms with Gasteiger partial charge in [-0.1, -0.05) is 74.1 Å². The zero-order valence-corrected chi connectivity index (χ0v) is 30.6. The summed E-state index contributed by atoms with van der Waals surface area (Å²) in [7, 11) is 0. The van der Waals surface area contributed by atoms with Gasteiger partial charge >= 0.3 is 5.97 Å². The number of aromatic hydroxyl groups is 1. The first-order valence-electron chi connectivity index (χ1n) is 18.6. The number of aryl methyl sites for hydroxylation is 1. The Morgan fingerprint density at radius 1 is 1.00 bits per heavy atom. The molecule has 1 aliphatic rings. The van der Waals surface area contributed by atoms with Gasteiger partial charge in [0.1, 0.15) is 5.75 Å². The van der Waals surface area contributed by atoms with Crippen molar-refractivity contribution in [2.45, 2.75) is 139 Å². The monoisotopic (exact) mass is 721 g/mol. The van der Waals surface area contributed by atoms with E-state index < -0.39 is 54.7 Å². The van der Waals surface area contributed by atoms with Crippen LogP contribution in [0.15, 0.2) is 71.8 Å². The summed E-state index contributed by atoms with van der Waals surface area (Å²) < 4.78 is 0. The van der Waals surface area contributed by atoms with Crippen LogP contribution < -0.4 is 5.32 Å². The quantitative estimate of drug-likeness (QED) is 0.0946. The maximum absolute atomic E-state index is 12.1. The number of rotatable bonds is 19. The molecular weight excluding hydrogens is 662 g/mol. The lowest BCUT2D eigenvalue weighted by molar-refractivity contribution is -0.137. The summed E-state index contributed by atoms with van der Waals surface area (Å²) in [5.74, 6) is 5.73. The number of hydrogen-bond acceptors (Lipinski definition) is 9. The number of phenols is 1. The van der Waals surface area contributed by atoms with Crippen LogP contribution in [0.4, 0.5) is 0 Å². The number of benzene rings is 2. The molecule has 2 aromatic carbocycles. The van der Waals surface area contributed by atoms with Gasteiger partial charge in [0.25, 0.3) is 0 Å². The molecule has 286 valence electrons. The van der Waals surface area contributed by atoms with Crippen molar-refractivity contribution in [2.24, 2.45) is 0 Å². The molecule has 0 aliphatic carbocycles. The van der Waals surface area contributed by atoms with Crippen molar-refractivity contribution in [3.05, 3.63) is 88.5 Å². The molecule has 0 fully saturated rings. The van der Waals surface area contributed by atoms with Crippen molar-refractivity contribution in [3.63, 3.8) is 0 Å². The molecule has 9 N–H and O–H groups in total. The van der Waals surface area contributed by atoms with Crippen LogP contribution in [0.25, 0.3) is 0 Å². The van der Waals surface area contributed by atoms with Crippen molar-refractivity contribution in [1.82, 2.24) is 5.32 Å². The number of aliphatic carboxylic acids is 1. The zero-order chi connectivity index (χ0) is 38.1. The summed E-state index contributed by atoms with van der Waals surface area (Å²) in [4.78, 5) is 11.1. The second-order valence-corrected chi connectivity index (χ2v) is 14.3. The van der Waals surface area contributed by atoms with Gasteiger partial charge in [-0.3, -0.25) is 4.79 Å². The molecule has 0 unspecified atom stereocenters. The second kappa shape index (κ2) is 21.9. The maximum atomic E-state index is 12.1. The Morgan fingerprint density at radius 3 is 2.42 bits per heavy atom. The van der Waals surface area contributed by atoms with Crippen LogP contribution in [0.2, 0.25) is 0 Å². The molecule has 1 heterocycles. The lowest BCUT2D eigenvalue weighted by Gasteiger charge is -2.38. The van der Waals surface area contributed by atoms with Crippen LogP contribution in [-0.2, 0) is 17.6 Å². The van der Waals surface area contributed by atoms with Gasteiger partial charge < -0.3 is 46.2 Å². The predicted molar refractivity (Wildman–Crippen MR) is 202 cm³/mol. The highest BCUT2D eigenvalue weighted by Crippen LogP contribution is 2.30. The van der Waals surface area contributed by atoms with E-state index >= 15 is 0 Å². The van der Waals surface area contributed by atoms with E-state index in [1.54, 1.807) is 43.3 Å². The fourth-order valence-electron chi connectivity index (χ4n) is 6.67. The van der Waals surface area contributed by atoms with E-state index in [0.717, 1.165) is 40.7 Å². The minimum absolute atomic E-state index is 0.0735. The lowest BCUT2D eigenvalue weighted by atomic mass is 9.83. The molecule has 0 saturated heterocycles. The fourth-order valence-corrected chi connectivity index (χ4v) is 6.67. The average molecular weight is 722 g/mol. The van der Waals surface area contributed by atoms with E-state index in [0.29, 0.717) is 38.5 Å². The largest absolute Gasteiger partial charge is 0.508 e. The summed E-state index contributed by atoms with van der Waals surface area (Å²) in [5, 5.41) is 87.9. The molecule has 0 spiro atoms. The smallest absolute Gasteiger partial charge is 0.303 e. The zero-order valence-electron chi connectivity index (χ0n) is 30.6. The SMILES string of the molecule is CCCC[C@H](O)[C@H](O)C=CC1=C(C[C@H](O)CO)[C@H](CCC[C@H](O)CCC(=O)O)N[C@@H]([C@@](C)(O)Cc2ccc(O)cc2)CC#Cc2ccccc2CC1. The molecule has 1 aliphatic heterocycles. The molecule has 0 aromatic heterocycles. The van der Waals surface area contributed by atoms with E-state index in [4.69, 9.17) is 5.11 Å². The third-order valence-corrected chi connectivity index (χ3v) is 9.82. The van der Waals surface area contributed by atoms with Gasteiger partial charge in [-0.05, 0) is 98.8 Å². The molecule has 3 rings (SSSR count). The third-order valence-electron chi connectivity index (χ3n) is 9.82. The van der Waals surface area contributed by atoms with Gasteiger partial charge in [-0.15, -0.1) is 0 Å². The van der Waals surface area contributed by atoms with Gasteiger partial charge in [0, 0.05) is 36.9 Å². The van der Waals surface area contributed by atoms with E-state index in [1.807, 2.05) is 31.2 Å². The van der Waals surface area contributed by atoms with Crippen LogP contribution in [0.5, 0.6) is 5.75 Å². The lowest BCUT2D eigenvalue weighted by Crippen LogP contribution is -2.54. The number of carboxylic acids is 1. The summed E-state index contributed by atoms with van der Waals surface area (Å²) in [6.45, 7) is 3.25. The number of carbonyl (C=O) groups is 1. The Labute approximate surface area is 308 Å². The van der Waals surface area contributed by atoms with Crippen molar-refractivity contribution >= 4 is 5.97 Å². The molecule has 52 heavy (non-hydrogen) atoms. The summed E-state index contributed by atoms with van der Waals surface area (Å²) in [5.41, 5.74) is 2.85. The molecule has 10 heteroatoms. The Balaban J connectivity index is 2.16. The first-order valence-corrected chi connectivity index (χ1v) is 18.6. The van der Waals surface area contributed by atoms with Crippen LogP contribution in [0.1, 0.15) is 101 Å². The molecular formula is C42H59NO9. The molecule has 7 atom stereocenters. The van der Waals surface area contributed by atoms with Crippen LogP contribution in [0.3, 0.4) is 0 Å². The minimum atomic E-state index is -1.36. The average Bonchev–Trinajstić information content (AvgIpc) is 3.11. The molecule has 0 radical (unpaired) electrons. The number of aliphatic hydroxyl groups is 6. The fraction of sp³-hybridized carbons (Fsp3) is 0.548.